The number of carbonyl (C=O) groups excluding carboxylic acids is 2. The topological polar surface area (TPSA) is 48.6 Å². The molecular weight excluding hydrogens is 96.0 g/mol. The van der Waals surface area contributed by atoms with Crippen molar-refractivity contribution in [3.8, 4) is 0 Å². The van der Waals surface area contributed by atoms with Crippen LogP contribution in [0.5, 0.6) is 0 Å². The largest absolute Gasteiger partial charge is 0.605 e. The number of hydrogen-bond donors (Lipinski definition) is 1. The Bertz CT molecular complexity index is 84.9. The van der Waals surface area contributed by atoms with Gasteiger partial charge in [-0.3, -0.25) is 4.42 Å². The van der Waals surface area contributed by atoms with Crippen LogP contribution in [0, 0.1) is 0 Å². The van der Waals surface area contributed by atoms with Crippen LogP contribution < -0.4 is 0 Å². The lowest BCUT2D eigenvalue weighted by molar-refractivity contribution is -0.375. The van der Waals surface area contributed by atoms with Crippen LogP contribution in [0.25, 0.3) is 0 Å². The molecule has 0 unspecified atom stereocenters. The van der Waals surface area contributed by atoms with Gasteiger partial charge in [-0.05, 0) is 0 Å². The molecule has 7 heavy (non-hydrogen) atoms. The second-order valence-electron chi connectivity index (χ2n) is 0.884. The molecule has 0 aliphatic rings. The van der Waals surface area contributed by atoms with E-state index in [1.165, 1.54) is 6.29 Å². The second-order valence-corrected chi connectivity index (χ2v) is 0.884. The molecule has 0 spiro atoms. The first-order valence-electron chi connectivity index (χ1n) is 1.89. The Labute approximate surface area is 41.3 Å². The SMILES string of the molecule is CC=[O+]C(=O)CO. The van der Waals surface area contributed by atoms with Gasteiger partial charge in [-0.1, -0.05) is 0 Å². The van der Waals surface area contributed by atoms with Crippen molar-refractivity contribution in [2.75, 3.05) is 6.61 Å². The van der Waals surface area contributed by atoms with Crippen molar-refractivity contribution in [1.29, 1.82) is 0 Å². The normalized spacial score (nSPS) is 10.0. The third kappa shape index (κ3) is 3.12. The molecule has 0 aliphatic heterocycles. The molecule has 0 aromatic rings. The second kappa shape index (κ2) is 3.49. The van der Waals surface area contributed by atoms with E-state index in [0.29, 0.717) is 0 Å². The molecule has 0 aliphatic carbocycles. The van der Waals surface area contributed by atoms with Crippen molar-refractivity contribution in [3.63, 3.8) is 0 Å². The summed E-state index contributed by atoms with van der Waals surface area (Å²) in [7, 11) is 0. The first-order chi connectivity index (χ1) is 3.31. The highest BCUT2D eigenvalue weighted by Crippen LogP contribution is 1.58. The minimum atomic E-state index is -0.623. The van der Waals surface area contributed by atoms with Gasteiger partial charge < -0.3 is 5.11 Å². The maximum Gasteiger partial charge on any atom is 0.605 e. The molecule has 0 amide bonds. The number of aliphatic hydroxyl groups is 1. The highest BCUT2D eigenvalue weighted by Gasteiger charge is 2.06. The Morgan fingerprint density at radius 3 is 2.71 bits per heavy atom. The fourth-order valence-corrected chi connectivity index (χ4v) is 0.169. The minimum Gasteiger partial charge on any atom is -0.379 e. The number of carbonyl (C=O) groups is 1. The van der Waals surface area contributed by atoms with E-state index in [1.807, 2.05) is 0 Å². The fraction of sp³-hybridized carbons (Fsp3) is 0.500. The van der Waals surface area contributed by atoms with Crippen molar-refractivity contribution < 1.29 is 14.3 Å². The van der Waals surface area contributed by atoms with Gasteiger partial charge in [0.2, 0.25) is 6.61 Å². The van der Waals surface area contributed by atoms with E-state index in [-0.39, 0.29) is 0 Å². The van der Waals surface area contributed by atoms with Gasteiger partial charge in [0.1, 0.15) is 0 Å². The van der Waals surface area contributed by atoms with Gasteiger partial charge in [0.05, 0.1) is 4.79 Å². The number of aliphatic hydroxyl groups excluding tert-OH is 1. The average molecular weight is 103 g/mol. The summed E-state index contributed by atoms with van der Waals surface area (Å²) in [5.74, 6) is -0.623. The van der Waals surface area contributed by atoms with Crippen LogP contribution in [0.15, 0.2) is 0 Å². The zero-order valence-corrected chi connectivity index (χ0v) is 4.05. The van der Waals surface area contributed by atoms with Gasteiger partial charge >= 0.3 is 5.97 Å². The third-order valence-electron chi connectivity index (χ3n) is 0.378. The van der Waals surface area contributed by atoms with Crippen LogP contribution in [0.2, 0.25) is 0 Å². The molecule has 0 heterocycles. The predicted octanol–water partition coefficient (Wildman–Crippen LogP) is -0.740. The van der Waals surface area contributed by atoms with Gasteiger partial charge in [-0.25, -0.2) is 0 Å². The van der Waals surface area contributed by atoms with Crippen molar-refractivity contribution in [1.82, 2.24) is 0 Å². The molecule has 0 saturated heterocycles. The number of aldehydes is 1. The molecule has 0 aromatic heterocycles. The van der Waals surface area contributed by atoms with Gasteiger partial charge in [-0.2, -0.15) is 0 Å². The Balaban J connectivity index is 3.37. The molecule has 0 atom stereocenters. The van der Waals surface area contributed by atoms with Gasteiger partial charge in [0.25, 0.3) is 0 Å². The fourth-order valence-electron chi connectivity index (χ4n) is 0.169. The summed E-state index contributed by atoms with van der Waals surface area (Å²) in [5, 5.41) is 7.97. The van der Waals surface area contributed by atoms with E-state index in [0.717, 1.165) is 0 Å². The highest BCUT2D eigenvalue weighted by atomic mass is 16.5. The maximum atomic E-state index is 9.91. The van der Waals surface area contributed by atoms with Crippen LogP contribution in [0.1, 0.15) is 6.92 Å². The van der Waals surface area contributed by atoms with Gasteiger partial charge in [0.15, 0.2) is 6.29 Å². The van der Waals surface area contributed by atoms with E-state index in [4.69, 9.17) is 5.11 Å². The summed E-state index contributed by atoms with van der Waals surface area (Å²) >= 11 is 0. The molecule has 3 heteroatoms. The average Bonchev–Trinajstić information content (AvgIpc) is 1.68. The summed E-state index contributed by atoms with van der Waals surface area (Å²) in [4.78, 5) is 9.91. The lowest BCUT2D eigenvalue weighted by atomic mass is 10.7. The van der Waals surface area contributed by atoms with E-state index < -0.39 is 12.6 Å². The molecule has 0 bridgehead atoms. The standard InChI is InChI=1S/C4H7O3/c1-2-7-4(6)3-5/h2,5H,3H2,1H3/q+1. The monoisotopic (exact) mass is 103 g/mol. The van der Waals surface area contributed by atoms with Crippen LogP contribution in [-0.2, 0) is 9.22 Å². The molecule has 0 aromatic carbocycles. The highest BCUT2D eigenvalue weighted by molar-refractivity contribution is 5.69. The summed E-state index contributed by atoms with van der Waals surface area (Å²) in [6.45, 7) is 1.01. The van der Waals surface area contributed by atoms with Crippen molar-refractivity contribution >= 4 is 12.3 Å². The predicted molar refractivity (Wildman–Crippen MR) is 23.8 cm³/mol. The Kier molecular flexibility index (Phi) is 3.14. The molecular formula is C4H7O3+. The smallest absolute Gasteiger partial charge is 0.379 e. The Morgan fingerprint density at radius 2 is 2.57 bits per heavy atom. The summed E-state index contributed by atoms with van der Waals surface area (Å²) in [6.07, 6.45) is 1.22. The number of rotatable bonds is 1. The first-order valence-corrected chi connectivity index (χ1v) is 1.89. The molecule has 0 rings (SSSR count). The zero-order chi connectivity index (χ0) is 5.70. The van der Waals surface area contributed by atoms with Crippen LogP contribution in [-0.4, -0.2) is 24.0 Å². The summed E-state index contributed by atoms with van der Waals surface area (Å²) in [6, 6.07) is 0. The van der Waals surface area contributed by atoms with Crippen molar-refractivity contribution in [2.45, 2.75) is 6.92 Å². The van der Waals surface area contributed by atoms with E-state index in [1.54, 1.807) is 6.92 Å². The molecule has 40 valence electrons. The molecule has 3 nitrogen and oxygen atoms in total. The molecule has 0 fully saturated rings. The molecule has 0 radical (unpaired) electrons. The summed E-state index contributed by atoms with van der Waals surface area (Å²) < 4.78 is 4.18. The summed E-state index contributed by atoms with van der Waals surface area (Å²) in [5.41, 5.74) is 0. The number of hydrogen-bond acceptors (Lipinski definition) is 2. The maximum absolute atomic E-state index is 9.91. The Morgan fingerprint density at radius 1 is 2.00 bits per heavy atom. The first kappa shape index (κ1) is 6.30. The Hall–Kier alpha value is -0.700. The lowest BCUT2D eigenvalue weighted by Gasteiger charge is -1.65. The van der Waals surface area contributed by atoms with Gasteiger partial charge in [0, 0.05) is 6.92 Å². The van der Waals surface area contributed by atoms with Crippen LogP contribution in [0.3, 0.4) is 0 Å². The third-order valence-corrected chi connectivity index (χ3v) is 0.378. The zero-order valence-electron chi connectivity index (χ0n) is 4.05. The quantitative estimate of drug-likeness (QED) is 0.351. The lowest BCUT2D eigenvalue weighted by Crippen LogP contribution is -2.02. The molecule has 1 N–H and O–H groups in total. The van der Waals surface area contributed by atoms with E-state index >= 15 is 0 Å². The van der Waals surface area contributed by atoms with Crippen molar-refractivity contribution in [2.24, 2.45) is 0 Å². The van der Waals surface area contributed by atoms with E-state index in [9.17, 15) is 4.79 Å². The van der Waals surface area contributed by atoms with E-state index in [2.05, 4.69) is 4.42 Å². The van der Waals surface area contributed by atoms with Crippen LogP contribution in [0.4, 0.5) is 0 Å². The van der Waals surface area contributed by atoms with Crippen LogP contribution >= 0.6 is 0 Å². The van der Waals surface area contributed by atoms with Gasteiger partial charge in [-0.15, -0.1) is 0 Å². The molecule has 0 saturated carbocycles. The minimum absolute atomic E-state index is 0.551. The van der Waals surface area contributed by atoms with Crippen molar-refractivity contribution in [3.05, 3.63) is 0 Å².